The molecule has 8 heteroatoms. The summed E-state index contributed by atoms with van der Waals surface area (Å²) in [5, 5.41) is 3.45. The molecule has 1 heterocycles. The number of amides is 2. The van der Waals surface area contributed by atoms with Crippen LogP contribution in [-0.4, -0.2) is 30.6 Å². The molecule has 3 atom stereocenters. The molecule has 1 aromatic rings. The molecule has 27 heavy (non-hydrogen) atoms. The number of carbonyl (C=O) groups excluding carboxylic acids is 2. The molecule has 3 unspecified atom stereocenters. The van der Waals surface area contributed by atoms with Gasteiger partial charge in [0, 0.05) is 19.0 Å². The van der Waals surface area contributed by atoms with Crippen molar-refractivity contribution in [2.75, 3.05) is 12.1 Å². The first-order valence-corrected chi connectivity index (χ1v) is 8.51. The van der Waals surface area contributed by atoms with Gasteiger partial charge in [-0.05, 0) is 43.7 Å². The third kappa shape index (κ3) is 3.37. The van der Waals surface area contributed by atoms with E-state index in [9.17, 15) is 22.8 Å². The standard InChI is InChI=1S/C19H20F3N3O2/c1-10-4-5-13(21)16-12(9-15(26)23-3)18(27)25(17(10)16)24-14-8-11(20)6-7-19(14,2)22/h4-8,12,14,24H,9H2,1-3H3,(H,23,26). The summed E-state index contributed by atoms with van der Waals surface area (Å²) < 4.78 is 42.9. The first kappa shape index (κ1) is 19.2. The van der Waals surface area contributed by atoms with E-state index in [1.807, 2.05) is 0 Å². The molecule has 1 aliphatic heterocycles. The molecule has 0 saturated heterocycles. The lowest BCUT2D eigenvalue weighted by molar-refractivity contribution is -0.126. The molecule has 2 aliphatic rings. The number of nitrogens with zero attached hydrogens (tertiary/aromatic N) is 1. The van der Waals surface area contributed by atoms with Crippen LogP contribution in [0.3, 0.4) is 0 Å². The average Bonchev–Trinajstić information content (AvgIpc) is 2.88. The molecule has 2 N–H and O–H groups in total. The Morgan fingerprint density at radius 1 is 1.33 bits per heavy atom. The molecule has 0 radical (unpaired) electrons. The van der Waals surface area contributed by atoms with Crippen molar-refractivity contribution >= 4 is 17.5 Å². The molecule has 1 aliphatic carbocycles. The Balaban J connectivity index is 2.02. The van der Waals surface area contributed by atoms with Crippen LogP contribution in [0.15, 0.2) is 36.2 Å². The highest BCUT2D eigenvalue weighted by Gasteiger charge is 2.44. The van der Waals surface area contributed by atoms with E-state index in [1.54, 1.807) is 6.92 Å². The molecule has 0 aromatic heterocycles. The van der Waals surface area contributed by atoms with E-state index >= 15 is 0 Å². The van der Waals surface area contributed by atoms with Crippen molar-refractivity contribution in [3.63, 3.8) is 0 Å². The number of fused-ring (bicyclic) bond motifs is 1. The Morgan fingerprint density at radius 3 is 2.70 bits per heavy atom. The second-order valence-electron chi connectivity index (χ2n) is 6.87. The second-order valence-corrected chi connectivity index (χ2v) is 6.87. The molecule has 0 bridgehead atoms. The Morgan fingerprint density at radius 2 is 2.04 bits per heavy atom. The fraction of sp³-hybridized carbons (Fsp3) is 0.368. The summed E-state index contributed by atoms with van der Waals surface area (Å²) >= 11 is 0. The zero-order chi connectivity index (χ0) is 19.9. The van der Waals surface area contributed by atoms with Gasteiger partial charge in [-0.25, -0.2) is 23.6 Å². The highest BCUT2D eigenvalue weighted by atomic mass is 19.1. The maximum atomic E-state index is 14.8. The first-order chi connectivity index (χ1) is 12.7. The van der Waals surface area contributed by atoms with E-state index in [-0.39, 0.29) is 17.7 Å². The first-order valence-electron chi connectivity index (χ1n) is 8.51. The van der Waals surface area contributed by atoms with Crippen molar-refractivity contribution in [3.05, 3.63) is 53.1 Å². The number of benzene rings is 1. The van der Waals surface area contributed by atoms with Gasteiger partial charge in [0.2, 0.25) is 11.8 Å². The average molecular weight is 379 g/mol. The molecule has 144 valence electrons. The van der Waals surface area contributed by atoms with Crippen molar-refractivity contribution in [3.8, 4) is 0 Å². The summed E-state index contributed by atoms with van der Waals surface area (Å²) in [7, 11) is 1.42. The van der Waals surface area contributed by atoms with Crippen molar-refractivity contribution in [2.45, 2.75) is 37.9 Å². The number of halogens is 3. The highest BCUT2D eigenvalue weighted by Crippen LogP contribution is 2.42. The summed E-state index contributed by atoms with van der Waals surface area (Å²) in [5.74, 6) is -3.35. The van der Waals surface area contributed by atoms with E-state index in [0.29, 0.717) is 5.56 Å². The molecule has 0 spiro atoms. The predicted octanol–water partition coefficient (Wildman–Crippen LogP) is 2.73. The number of anilines is 1. The van der Waals surface area contributed by atoms with Crippen molar-refractivity contribution in [1.29, 1.82) is 0 Å². The van der Waals surface area contributed by atoms with Gasteiger partial charge >= 0.3 is 0 Å². The van der Waals surface area contributed by atoms with Crippen LogP contribution in [0, 0.1) is 12.7 Å². The summed E-state index contributed by atoms with van der Waals surface area (Å²) in [6, 6.07) is 1.54. The van der Waals surface area contributed by atoms with E-state index in [2.05, 4.69) is 10.7 Å². The van der Waals surface area contributed by atoms with Crippen LogP contribution in [0.25, 0.3) is 0 Å². The minimum Gasteiger partial charge on any atom is -0.359 e. The number of hydrogen-bond donors (Lipinski definition) is 2. The van der Waals surface area contributed by atoms with Crippen LogP contribution in [-0.2, 0) is 9.59 Å². The number of nitrogens with one attached hydrogen (secondary N) is 2. The smallest absolute Gasteiger partial charge is 0.249 e. The van der Waals surface area contributed by atoms with Crippen molar-refractivity contribution in [1.82, 2.24) is 10.7 Å². The Labute approximate surface area is 154 Å². The number of hydrogen-bond acceptors (Lipinski definition) is 3. The lowest BCUT2D eigenvalue weighted by Crippen LogP contribution is -2.54. The fourth-order valence-electron chi connectivity index (χ4n) is 3.34. The molecular weight excluding hydrogens is 359 g/mol. The maximum Gasteiger partial charge on any atom is 0.249 e. The van der Waals surface area contributed by atoms with Crippen LogP contribution in [0.5, 0.6) is 0 Å². The van der Waals surface area contributed by atoms with E-state index in [0.717, 1.165) is 23.2 Å². The fourth-order valence-corrected chi connectivity index (χ4v) is 3.34. The molecule has 5 nitrogen and oxygen atoms in total. The van der Waals surface area contributed by atoms with E-state index in [1.165, 1.54) is 26.1 Å². The molecule has 1 aromatic carbocycles. The van der Waals surface area contributed by atoms with Gasteiger partial charge in [-0.3, -0.25) is 9.59 Å². The number of allylic oxidation sites excluding steroid dienone is 2. The Hall–Kier alpha value is -2.61. The van der Waals surface area contributed by atoms with Gasteiger partial charge < -0.3 is 5.32 Å². The third-order valence-corrected chi connectivity index (χ3v) is 4.90. The normalized spacial score (nSPS) is 26.8. The summed E-state index contributed by atoms with van der Waals surface area (Å²) in [5.41, 5.74) is 1.59. The van der Waals surface area contributed by atoms with Gasteiger partial charge in [0.1, 0.15) is 17.3 Å². The van der Waals surface area contributed by atoms with Gasteiger partial charge in [0.05, 0.1) is 17.6 Å². The number of aryl methyl sites for hydroxylation is 1. The molecule has 0 saturated carbocycles. The second kappa shape index (κ2) is 6.84. The van der Waals surface area contributed by atoms with Gasteiger partial charge in [-0.1, -0.05) is 6.07 Å². The predicted molar refractivity (Wildman–Crippen MR) is 94.8 cm³/mol. The molecular formula is C19H20F3N3O2. The Kier molecular flexibility index (Phi) is 4.86. The number of hydrazine groups is 1. The van der Waals surface area contributed by atoms with Gasteiger partial charge in [-0.2, -0.15) is 0 Å². The lowest BCUT2D eigenvalue weighted by Gasteiger charge is -2.33. The van der Waals surface area contributed by atoms with Crippen molar-refractivity contribution < 1.29 is 22.8 Å². The molecule has 3 rings (SSSR count). The number of alkyl halides is 1. The molecule has 2 amide bonds. The topological polar surface area (TPSA) is 61.4 Å². The SMILES string of the molecule is CNC(=O)CC1C(=O)N(NC2C=C(F)C=CC2(C)F)c2c(C)ccc(F)c21. The van der Waals surface area contributed by atoms with Gasteiger partial charge in [0.15, 0.2) is 0 Å². The molecule has 0 fully saturated rings. The Bertz CT molecular complexity index is 864. The van der Waals surface area contributed by atoms with E-state index in [4.69, 9.17) is 0 Å². The number of carbonyl (C=O) groups is 2. The van der Waals surface area contributed by atoms with Crippen LogP contribution < -0.4 is 15.8 Å². The monoisotopic (exact) mass is 379 g/mol. The highest BCUT2D eigenvalue weighted by molar-refractivity contribution is 6.07. The lowest BCUT2D eigenvalue weighted by atomic mass is 9.94. The summed E-state index contributed by atoms with van der Waals surface area (Å²) in [6.07, 6.45) is 2.84. The minimum atomic E-state index is -1.96. The zero-order valence-corrected chi connectivity index (χ0v) is 15.1. The maximum absolute atomic E-state index is 14.8. The third-order valence-electron chi connectivity index (χ3n) is 4.90. The van der Waals surface area contributed by atoms with Crippen LogP contribution in [0.1, 0.15) is 30.4 Å². The van der Waals surface area contributed by atoms with Gasteiger partial charge in [-0.15, -0.1) is 0 Å². The zero-order valence-electron chi connectivity index (χ0n) is 15.1. The quantitative estimate of drug-likeness (QED) is 0.846. The van der Waals surface area contributed by atoms with Crippen LogP contribution in [0.4, 0.5) is 18.9 Å². The minimum absolute atomic E-state index is 0.0764. The van der Waals surface area contributed by atoms with Crippen molar-refractivity contribution in [2.24, 2.45) is 0 Å². The summed E-state index contributed by atoms with van der Waals surface area (Å²) in [6.45, 7) is 2.92. The summed E-state index contributed by atoms with van der Waals surface area (Å²) in [4.78, 5) is 24.8. The number of rotatable bonds is 4. The van der Waals surface area contributed by atoms with Gasteiger partial charge in [0.25, 0.3) is 0 Å². The largest absolute Gasteiger partial charge is 0.359 e. The van der Waals surface area contributed by atoms with Crippen LogP contribution in [0.2, 0.25) is 0 Å². The van der Waals surface area contributed by atoms with E-state index < -0.39 is 41.1 Å². The van der Waals surface area contributed by atoms with Crippen LogP contribution >= 0.6 is 0 Å².